The summed E-state index contributed by atoms with van der Waals surface area (Å²) in [5.41, 5.74) is 0.603. The van der Waals surface area contributed by atoms with Gasteiger partial charge in [-0.05, 0) is 26.0 Å². The van der Waals surface area contributed by atoms with Crippen molar-refractivity contribution in [3.05, 3.63) is 18.3 Å². The van der Waals surface area contributed by atoms with Crippen LogP contribution in [0.5, 0.6) is 0 Å². The molecule has 1 rings (SSSR count). The number of pyridine rings is 1. The second-order valence-electron chi connectivity index (χ2n) is 5.06. The number of aliphatic carboxylic acids is 2. The third-order valence-electron chi connectivity index (χ3n) is 3.43. The summed E-state index contributed by atoms with van der Waals surface area (Å²) in [6, 6.07) is 3.60. The lowest BCUT2D eigenvalue weighted by atomic mass is 10.1. The highest BCUT2D eigenvalue weighted by Gasteiger charge is 2.19. The summed E-state index contributed by atoms with van der Waals surface area (Å²) in [5, 5.41) is 18.0. The van der Waals surface area contributed by atoms with Crippen molar-refractivity contribution < 1.29 is 19.8 Å². The zero-order valence-corrected chi connectivity index (χ0v) is 13.2. The van der Waals surface area contributed by atoms with E-state index in [-0.39, 0.29) is 13.1 Å². The topological polar surface area (TPSA) is 94.0 Å². The highest BCUT2D eigenvalue weighted by Crippen LogP contribution is 2.19. The van der Waals surface area contributed by atoms with E-state index in [4.69, 9.17) is 10.2 Å². The van der Waals surface area contributed by atoms with Gasteiger partial charge in [-0.25, -0.2) is 4.98 Å². The Labute approximate surface area is 130 Å². The van der Waals surface area contributed by atoms with E-state index in [1.54, 1.807) is 19.2 Å². The molecule has 0 aromatic carbocycles. The van der Waals surface area contributed by atoms with Crippen LogP contribution < -0.4 is 9.80 Å². The van der Waals surface area contributed by atoms with Gasteiger partial charge in [0.1, 0.15) is 12.4 Å². The molecule has 1 aromatic heterocycles. The molecule has 1 unspecified atom stereocenters. The number of hydrogen-bond acceptors (Lipinski definition) is 5. The quantitative estimate of drug-likeness (QED) is 0.714. The number of rotatable bonds is 9. The van der Waals surface area contributed by atoms with Crippen molar-refractivity contribution in [2.45, 2.75) is 20.8 Å². The van der Waals surface area contributed by atoms with Crippen LogP contribution in [0.1, 0.15) is 20.8 Å². The zero-order valence-electron chi connectivity index (χ0n) is 13.2. The van der Waals surface area contributed by atoms with Crippen LogP contribution in [-0.4, -0.2) is 53.3 Å². The lowest BCUT2D eigenvalue weighted by Crippen LogP contribution is -2.36. The Hall–Kier alpha value is -2.31. The fourth-order valence-electron chi connectivity index (χ4n) is 2.13. The van der Waals surface area contributed by atoms with Gasteiger partial charge in [0, 0.05) is 19.6 Å². The molecule has 0 aliphatic heterocycles. The van der Waals surface area contributed by atoms with Gasteiger partial charge in [-0.1, -0.05) is 6.92 Å². The Morgan fingerprint density at radius 2 is 1.82 bits per heavy atom. The predicted octanol–water partition coefficient (Wildman–Crippen LogP) is 1.54. The van der Waals surface area contributed by atoms with Crippen molar-refractivity contribution in [2.75, 3.05) is 36.0 Å². The van der Waals surface area contributed by atoms with Crippen LogP contribution in [0.3, 0.4) is 0 Å². The van der Waals surface area contributed by atoms with Gasteiger partial charge >= 0.3 is 11.9 Å². The highest BCUT2D eigenvalue weighted by molar-refractivity contribution is 5.75. The monoisotopic (exact) mass is 309 g/mol. The fourth-order valence-corrected chi connectivity index (χ4v) is 2.13. The molecule has 1 heterocycles. The Morgan fingerprint density at radius 1 is 1.18 bits per heavy atom. The zero-order chi connectivity index (χ0) is 16.7. The number of anilines is 2. The molecule has 22 heavy (non-hydrogen) atoms. The van der Waals surface area contributed by atoms with Gasteiger partial charge in [0.25, 0.3) is 0 Å². The number of hydrogen-bond donors (Lipinski definition) is 2. The lowest BCUT2D eigenvalue weighted by Gasteiger charge is -2.25. The molecule has 0 spiro atoms. The molecule has 0 amide bonds. The first-order valence-electron chi connectivity index (χ1n) is 7.29. The first-order chi connectivity index (χ1) is 10.4. The van der Waals surface area contributed by atoms with E-state index in [0.29, 0.717) is 5.69 Å². The molecule has 0 radical (unpaired) electrons. The molecule has 0 saturated heterocycles. The van der Waals surface area contributed by atoms with Gasteiger partial charge in [0.2, 0.25) is 0 Å². The molecule has 1 aromatic rings. The lowest BCUT2D eigenvalue weighted by molar-refractivity contribution is -0.141. The summed E-state index contributed by atoms with van der Waals surface area (Å²) >= 11 is 0. The molecule has 0 fully saturated rings. The van der Waals surface area contributed by atoms with Crippen LogP contribution in [0.25, 0.3) is 0 Å². The van der Waals surface area contributed by atoms with Crippen molar-refractivity contribution in [1.82, 2.24) is 4.98 Å². The maximum Gasteiger partial charge on any atom is 0.323 e. The first kappa shape index (κ1) is 17.7. The van der Waals surface area contributed by atoms with Gasteiger partial charge in [0.15, 0.2) is 0 Å². The smallest absolute Gasteiger partial charge is 0.323 e. The molecule has 7 heteroatoms. The van der Waals surface area contributed by atoms with Gasteiger partial charge < -0.3 is 20.0 Å². The van der Waals surface area contributed by atoms with Crippen LogP contribution in [0.2, 0.25) is 0 Å². The summed E-state index contributed by atoms with van der Waals surface area (Å²) in [4.78, 5) is 29.9. The first-order valence-corrected chi connectivity index (χ1v) is 7.29. The van der Waals surface area contributed by atoms with Crippen LogP contribution in [0.15, 0.2) is 18.3 Å². The van der Waals surface area contributed by atoms with E-state index in [2.05, 4.69) is 9.88 Å². The normalized spacial score (nSPS) is 11.8. The van der Waals surface area contributed by atoms with Crippen LogP contribution in [-0.2, 0) is 9.59 Å². The van der Waals surface area contributed by atoms with E-state index in [9.17, 15) is 9.59 Å². The molecule has 1 atom stereocenters. The average molecular weight is 309 g/mol. The standard InChI is InChI=1S/C15H23N3O4/c1-4-17(5-2)13-7-6-12(8-16-13)18(10-14(19)20)9-11(3)15(21)22/h6-8,11H,4-5,9-10H2,1-3H3,(H,19,20)(H,21,22). The molecular formula is C15H23N3O4. The van der Waals surface area contributed by atoms with E-state index >= 15 is 0 Å². The Bertz CT molecular complexity index is 500. The molecule has 0 bridgehead atoms. The molecule has 0 aliphatic rings. The number of aromatic nitrogens is 1. The Morgan fingerprint density at radius 3 is 2.23 bits per heavy atom. The number of carbonyl (C=O) groups is 2. The number of carboxylic acid groups (broad SMARTS) is 2. The number of carboxylic acids is 2. The van der Waals surface area contributed by atoms with Gasteiger partial charge in [-0.3, -0.25) is 9.59 Å². The van der Waals surface area contributed by atoms with Crippen LogP contribution in [0.4, 0.5) is 11.5 Å². The van der Waals surface area contributed by atoms with E-state index in [0.717, 1.165) is 18.9 Å². The Balaban J connectivity index is 2.94. The minimum Gasteiger partial charge on any atom is -0.481 e. The van der Waals surface area contributed by atoms with Gasteiger partial charge in [-0.15, -0.1) is 0 Å². The van der Waals surface area contributed by atoms with Crippen molar-refractivity contribution >= 4 is 23.4 Å². The summed E-state index contributed by atoms with van der Waals surface area (Å²) < 4.78 is 0. The van der Waals surface area contributed by atoms with Gasteiger partial charge in [-0.2, -0.15) is 0 Å². The minimum absolute atomic E-state index is 0.119. The maximum absolute atomic E-state index is 11.0. The third kappa shape index (κ3) is 4.91. The molecule has 2 N–H and O–H groups in total. The largest absolute Gasteiger partial charge is 0.481 e. The van der Waals surface area contributed by atoms with Crippen molar-refractivity contribution in [3.63, 3.8) is 0 Å². The second kappa shape index (κ2) is 8.21. The third-order valence-corrected chi connectivity index (χ3v) is 3.43. The molecule has 122 valence electrons. The number of nitrogens with zero attached hydrogens (tertiary/aromatic N) is 3. The Kier molecular flexibility index (Phi) is 6.62. The van der Waals surface area contributed by atoms with Crippen LogP contribution in [0, 0.1) is 5.92 Å². The summed E-state index contributed by atoms with van der Waals surface area (Å²) in [6.45, 7) is 7.14. The molecule has 7 nitrogen and oxygen atoms in total. The van der Waals surface area contributed by atoms with E-state index in [1.165, 1.54) is 4.90 Å². The second-order valence-corrected chi connectivity index (χ2v) is 5.06. The minimum atomic E-state index is -1.01. The fraction of sp³-hybridized carbons (Fsp3) is 0.533. The molecule has 0 aliphatic carbocycles. The average Bonchev–Trinajstić information content (AvgIpc) is 2.48. The summed E-state index contributed by atoms with van der Waals surface area (Å²) in [6.07, 6.45) is 1.59. The summed E-state index contributed by atoms with van der Waals surface area (Å²) in [5.74, 6) is -1.81. The van der Waals surface area contributed by atoms with Crippen LogP contribution >= 0.6 is 0 Å². The van der Waals surface area contributed by atoms with Gasteiger partial charge in [0.05, 0.1) is 17.8 Å². The SMILES string of the molecule is CCN(CC)c1ccc(N(CC(=O)O)CC(C)C(=O)O)cn1. The molecular weight excluding hydrogens is 286 g/mol. The molecule has 0 saturated carbocycles. The van der Waals surface area contributed by atoms with Crippen molar-refractivity contribution in [1.29, 1.82) is 0 Å². The highest BCUT2D eigenvalue weighted by atomic mass is 16.4. The van der Waals surface area contributed by atoms with Crippen molar-refractivity contribution in [2.24, 2.45) is 5.92 Å². The predicted molar refractivity (Wildman–Crippen MR) is 84.4 cm³/mol. The van der Waals surface area contributed by atoms with E-state index in [1.807, 2.05) is 19.9 Å². The van der Waals surface area contributed by atoms with E-state index < -0.39 is 17.9 Å². The van der Waals surface area contributed by atoms with Crippen molar-refractivity contribution in [3.8, 4) is 0 Å². The maximum atomic E-state index is 11.0. The summed E-state index contributed by atoms with van der Waals surface area (Å²) in [7, 11) is 0.